The third kappa shape index (κ3) is 6.44. The van der Waals surface area contributed by atoms with Crippen LogP contribution in [-0.2, 0) is 4.79 Å². The molecule has 0 aromatic rings. The molecule has 0 bridgehead atoms. The maximum Gasteiger partial charge on any atom is 0.137 e. The van der Waals surface area contributed by atoms with E-state index >= 15 is 0 Å². The zero-order valence-corrected chi connectivity index (χ0v) is 10.9. The first-order valence-electron chi connectivity index (χ1n) is 6.11. The Morgan fingerprint density at radius 1 is 1.35 bits per heavy atom. The van der Waals surface area contributed by atoms with Gasteiger partial charge in [-0.15, -0.1) is 0 Å². The summed E-state index contributed by atoms with van der Waals surface area (Å²) in [7, 11) is 0. The van der Waals surface area contributed by atoms with E-state index in [0.29, 0.717) is 17.9 Å². The van der Waals surface area contributed by atoms with Gasteiger partial charge in [-0.1, -0.05) is 20.3 Å². The fourth-order valence-corrected chi connectivity index (χ4v) is 1.46. The maximum atomic E-state index is 11.6. The topological polar surface area (TPSA) is 77.8 Å². The number of aliphatic hydroxyl groups is 3. The van der Waals surface area contributed by atoms with Crippen molar-refractivity contribution in [3.8, 4) is 0 Å². The van der Waals surface area contributed by atoms with Gasteiger partial charge in [-0.3, -0.25) is 4.79 Å². The molecule has 0 radical (unpaired) electrons. The first-order valence-corrected chi connectivity index (χ1v) is 6.11. The average Bonchev–Trinajstić information content (AvgIpc) is 2.33. The fourth-order valence-electron chi connectivity index (χ4n) is 1.46. The van der Waals surface area contributed by atoms with Gasteiger partial charge in [0.25, 0.3) is 0 Å². The number of carbonyl (C=O) groups excluding carboxylic acids is 1. The molecular formula is C13H24O4. The number of carbonyl (C=O) groups is 1. The Morgan fingerprint density at radius 2 is 1.94 bits per heavy atom. The number of allylic oxidation sites excluding steroid dienone is 1. The quantitative estimate of drug-likeness (QED) is 0.570. The van der Waals surface area contributed by atoms with Crippen LogP contribution < -0.4 is 0 Å². The monoisotopic (exact) mass is 244 g/mol. The molecule has 2 unspecified atom stereocenters. The van der Waals surface area contributed by atoms with Crippen molar-refractivity contribution in [3.05, 3.63) is 11.3 Å². The highest BCUT2D eigenvalue weighted by Crippen LogP contribution is 2.15. The highest BCUT2D eigenvalue weighted by Gasteiger charge is 2.14. The number of ketones is 1. The molecule has 0 fully saturated rings. The number of hydrogen-bond donors (Lipinski definition) is 3. The average molecular weight is 244 g/mol. The molecule has 0 aliphatic carbocycles. The van der Waals surface area contributed by atoms with E-state index < -0.39 is 12.7 Å². The molecule has 0 heterocycles. The second kappa shape index (κ2) is 8.25. The SMILES string of the molecule is CCC(C)CCC(=O)C/C(C)=C(/O)C(O)CO. The smallest absolute Gasteiger partial charge is 0.137 e. The van der Waals surface area contributed by atoms with Crippen LogP contribution in [0.3, 0.4) is 0 Å². The summed E-state index contributed by atoms with van der Waals surface area (Å²) in [5.74, 6) is 0.295. The number of hydrogen-bond acceptors (Lipinski definition) is 4. The van der Waals surface area contributed by atoms with E-state index in [1.54, 1.807) is 6.92 Å². The molecule has 2 atom stereocenters. The molecular weight excluding hydrogens is 220 g/mol. The second-order valence-corrected chi connectivity index (χ2v) is 4.63. The van der Waals surface area contributed by atoms with Gasteiger partial charge in [0, 0.05) is 12.8 Å². The summed E-state index contributed by atoms with van der Waals surface area (Å²) in [4.78, 5) is 11.6. The van der Waals surface area contributed by atoms with Crippen LogP contribution in [0, 0.1) is 5.92 Å². The summed E-state index contributed by atoms with van der Waals surface area (Å²) in [6.07, 6.45) is 1.26. The lowest BCUT2D eigenvalue weighted by molar-refractivity contribution is -0.118. The zero-order chi connectivity index (χ0) is 13.4. The summed E-state index contributed by atoms with van der Waals surface area (Å²) >= 11 is 0. The van der Waals surface area contributed by atoms with Crippen molar-refractivity contribution in [2.75, 3.05) is 6.61 Å². The van der Waals surface area contributed by atoms with Crippen molar-refractivity contribution < 1.29 is 20.1 Å². The van der Waals surface area contributed by atoms with E-state index in [-0.39, 0.29) is 18.0 Å². The van der Waals surface area contributed by atoms with Crippen LogP contribution in [0.2, 0.25) is 0 Å². The number of rotatable bonds is 8. The van der Waals surface area contributed by atoms with Gasteiger partial charge in [-0.25, -0.2) is 0 Å². The minimum absolute atomic E-state index is 0.0551. The summed E-state index contributed by atoms with van der Waals surface area (Å²) in [5, 5.41) is 27.3. The van der Waals surface area contributed by atoms with E-state index in [0.717, 1.165) is 12.8 Å². The number of aliphatic hydroxyl groups excluding tert-OH is 3. The lowest BCUT2D eigenvalue weighted by Gasteiger charge is -2.11. The minimum Gasteiger partial charge on any atom is -0.510 e. The fraction of sp³-hybridized carbons (Fsp3) is 0.769. The van der Waals surface area contributed by atoms with Gasteiger partial charge in [0.15, 0.2) is 0 Å². The largest absolute Gasteiger partial charge is 0.510 e. The second-order valence-electron chi connectivity index (χ2n) is 4.63. The Kier molecular flexibility index (Phi) is 7.83. The Bertz CT molecular complexity index is 271. The van der Waals surface area contributed by atoms with Crippen LogP contribution in [0.4, 0.5) is 0 Å². The minimum atomic E-state index is -1.28. The molecule has 0 aromatic carbocycles. The molecule has 3 N–H and O–H groups in total. The first kappa shape index (κ1) is 16.1. The summed E-state index contributed by atoms with van der Waals surface area (Å²) < 4.78 is 0. The predicted octanol–water partition coefficient (Wildman–Crippen LogP) is 1.96. The molecule has 0 saturated carbocycles. The lowest BCUT2D eigenvalue weighted by atomic mass is 9.98. The molecule has 0 aromatic heterocycles. The number of Topliss-reactive ketones (excluding diaryl/α,β-unsaturated/α-hetero) is 1. The molecule has 17 heavy (non-hydrogen) atoms. The molecule has 0 aliphatic heterocycles. The van der Waals surface area contributed by atoms with Gasteiger partial charge >= 0.3 is 0 Å². The van der Waals surface area contributed by atoms with Crippen LogP contribution in [0.1, 0.15) is 46.5 Å². The van der Waals surface area contributed by atoms with Crippen LogP contribution in [0.25, 0.3) is 0 Å². The van der Waals surface area contributed by atoms with Gasteiger partial charge in [-0.05, 0) is 24.8 Å². The van der Waals surface area contributed by atoms with E-state index in [4.69, 9.17) is 5.11 Å². The van der Waals surface area contributed by atoms with Crippen molar-refractivity contribution in [3.63, 3.8) is 0 Å². The molecule has 4 nitrogen and oxygen atoms in total. The van der Waals surface area contributed by atoms with Crippen LogP contribution >= 0.6 is 0 Å². The molecule has 0 spiro atoms. The van der Waals surface area contributed by atoms with Crippen molar-refractivity contribution in [1.82, 2.24) is 0 Å². The zero-order valence-electron chi connectivity index (χ0n) is 10.9. The Hall–Kier alpha value is -0.870. The van der Waals surface area contributed by atoms with Gasteiger partial charge in [0.1, 0.15) is 17.6 Å². The molecule has 0 rings (SSSR count). The van der Waals surface area contributed by atoms with E-state index in [1.165, 1.54) is 0 Å². The molecule has 0 saturated heterocycles. The Morgan fingerprint density at radius 3 is 2.41 bits per heavy atom. The summed E-state index contributed by atoms with van der Waals surface area (Å²) in [6, 6.07) is 0. The molecule has 0 aliphatic rings. The van der Waals surface area contributed by atoms with Crippen LogP contribution in [0.5, 0.6) is 0 Å². The first-order chi connectivity index (χ1) is 7.92. The standard InChI is InChI=1S/C13H24O4/c1-4-9(2)5-6-11(15)7-10(3)13(17)12(16)8-14/h9,12,14,16-17H,4-8H2,1-3H3/b13-10+. The molecule has 100 valence electrons. The Labute approximate surface area is 103 Å². The summed E-state index contributed by atoms with van der Waals surface area (Å²) in [6.45, 7) is 5.24. The van der Waals surface area contributed by atoms with E-state index in [2.05, 4.69) is 13.8 Å². The van der Waals surface area contributed by atoms with E-state index in [1.807, 2.05) is 0 Å². The van der Waals surface area contributed by atoms with Crippen LogP contribution in [0.15, 0.2) is 11.3 Å². The molecule has 4 heteroatoms. The lowest BCUT2D eigenvalue weighted by Crippen LogP contribution is -2.17. The molecule has 0 amide bonds. The van der Waals surface area contributed by atoms with Crippen molar-refractivity contribution in [2.45, 2.75) is 52.6 Å². The van der Waals surface area contributed by atoms with Crippen molar-refractivity contribution in [2.24, 2.45) is 5.92 Å². The Balaban J connectivity index is 4.20. The van der Waals surface area contributed by atoms with Gasteiger partial charge in [0.2, 0.25) is 0 Å². The van der Waals surface area contributed by atoms with E-state index in [9.17, 15) is 15.0 Å². The maximum absolute atomic E-state index is 11.6. The van der Waals surface area contributed by atoms with Crippen molar-refractivity contribution >= 4 is 5.78 Å². The third-order valence-corrected chi connectivity index (χ3v) is 3.00. The van der Waals surface area contributed by atoms with Gasteiger partial charge < -0.3 is 15.3 Å². The predicted molar refractivity (Wildman–Crippen MR) is 66.7 cm³/mol. The highest BCUT2D eigenvalue weighted by molar-refractivity contribution is 5.80. The van der Waals surface area contributed by atoms with Gasteiger partial charge in [0.05, 0.1) is 6.61 Å². The van der Waals surface area contributed by atoms with Gasteiger partial charge in [-0.2, -0.15) is 0 Å². The third-order valence-electron chi connectivity index (χ3n) is 3.00. The van der Waals surface area contributed by atoms with Crippen LogP contribution in [-0.4, -0.2) is 33.8 Å². The summed E-state index contributed by atoms with van der Waals surface area (Å²) in [5.41, 5.74) is 0.431. The highest BCUT2D eigenvalue weighted by atomic mass is 16.3. The normalized spacial score (nSPS) is 16.3. The van der Waals surface area contributed by atoms with Crippen molar-refractivity contribution in [1.29, 1.82) is 0 Å².